The maximum absolute atomic E-state index is 12.7. The van der Waals surface area contributed by atoms with Gasteiger partial charge < -0.3 is 10.1 Å². The van der Waals surface area contributed by atoms with E-state index in [0.717, 1.165) is 37.1 Å². The zero-order valence-electron chi connectivity index (χ0n) is 14.9. The van der Waals surface area contributed by atoms with Gasteiger partial charge in [-0.1, -0.05) is 0 Å². The van der Waals surface area contributed by atoms with Gasteiger partial charge in [-0.3, -0.25) is 4.79 Å². The van der Waals surface area contributed by atoms with Crippen molar-refractivity contribution in [3.8, 4) is 0 Å². The summed E-state index contributed by atoms with van der Waals surface area (Å²) in [5.41, 5.74) is 3.03. The van der Waals surface area contributed by atoms with Gasteiger partial charge in [-0.15, -0.1) is 0 Å². The summed E-state index contributed by atoms with van der Waals surface area (Å²) in [6.07, 6.45) is 6.30. The molecule has 1 amide bonds. The van der Waals surface area contributed by atoms with Crippen molar-refractivity contribution in [1.82, 2.24) is 19.9 Å². The third kappa shape index (κ3) is 3.29. The molecular weight excluding hydrogens is 304 g/mol. The molecule has 1 fully saturated rings. The van der Waals surface area contributed by atoms with Crippen LogP contribution in [0.3, 0.4) is 0 Å². The summed E-state index contributed by atoms with van der Waals surface area (Å²) in [4.78, 5) is 17.2. The van der Waals surface area contributed by atoms with Crippen LogP contribution in [0, 0.1) is 19.8 Å². The zero-order chi connectivity index (χ0) is 17.3. The molecule has 1 aliphatic carbocycles. The number of ether oxygens (including phenoxy) is 1. The molecule has 130 valence electrons. The minimum Gasteiger partial charge on any atom is -0.381 e. The second-order valence-corrected chi connectivity index (χ2v) is 6.87. The van der Waals surface area contributed by atoms with Crippen LogP contribution in [0.15, 0.2) is 12.3 Å². The van der Waals surface area contributed by atoms with Gasteiger partial charge in [0.25, 0.3) is 5.91 Å². The van der Waals surface area contributed by atoms with E-state index in [9.17, 15) is 4.79 Å². The van der Waals surface area contributed by atoms with E-state index in [-0.39, 0.29) is 11.9 Å². The Labute approximate surface area is 142 Å². The molecule has 0 bridgehead atoms. The molecule has 0 aliphatic heterocycles. The number of fused-ring (bicyclic) bond motifs is 1. The van der Waals surface area contributed by atoms with Gasteiger partial charge in [-0.05, 0) is 58.4 Å². The molecule has 1 saturated carbocycles. The Morgan fingerprint density at radius 2 is 2.04 bits per heavy atom. The minimum atomic E-state index is -0.0936. The smallest absolute Gasteiger partial charge is 0.256 e. The predicted molar refractivity (Wildman–Crippen MR) is 92.1 cm³/mol. The Morgan fingerprint density at radius 1 is 1.33 bits per heavy atom. The maximum atomic E-state index is 12.7. The van der Waals surface area contributed by atoms with Crippen LogP contribution < -0.4 is 5.32 Å². The first-order chi connectivity index (χ1) is 11.5. The van der Waals surface area contributed by atoms with Crippen molar-refractivity contribution in [1.29, 1.82) is 0 Å². The fourth-order valence-corrected chi connectivity index (χ4v) is 3.66. The summed E-state index contributed by atoms with van der Waals surface area (Å²) in [6.45, 7) is 5.98. The molecule has 0 radical (unpaired) electrons. The maximum Gasteiger partial charge on any atom is 0.256 e. The summed E-state index contributed by atoms with van der Waals surface area (Å²) in [7, 11) is 1.78. The van der Waals surface area contributed by atoms with Gasteiger partial charge in [0.15, 0.2) is 5.65 Å². The Balaban J connectivity index is 1.71. The lowest BCUT2D eigenvalue weighted by Crippen LogP contribution is -2.40. The van der Waals surface area contributed by atoms with Crippen LogP contribution in [0.25, 0.3) is 5.65 Å². The van der Waals surface area contributed by atoms with Gasteiger partial charge in [0, 0.05) is 24.5 Å². The quantitative estimate of drug-likeness (QED) is 0.936. The number of aromatic nitrogens is 3. The van der Waals surface area contributed by atoms with E-state index in [1.165, 1.54) is 0 Å². The van der Waals surface area contributed by atoms with Crippen LogP contribution in [0.4, 0.5) is 0 Å². The number of carbonyl (C=O) groups is 1. The van der Waals surface area contributed by atoms with Gasteiger partial charge >= 0.3 is 0 Å². The molecule has 2 heterocycles. The number of rotatable bonds is 4. The highest BCUT2D eigenvalue weighted by Crippen LogP contribution is 2.28. The Morgan fingerprint density at radius 3 is 2.71 bits per heavy atom. The van der Waals surface area contributed by atoms with Gasteiger partial charge in [-0.25, -0.2) is 9.50 Å². The van der Waals surface area contributed by atoms with Crippen molar-refractivity contribution in [3.63, 3.8) is 0 Å². The molecule has 2 aromatic rings. The molecule has 1 aliphatic rings. The van der Waals surface area contributed by atoms with E-state index < -0.39 is 0 Å². The van der Waals surface area contributed by atoms with Crippen LogP contribution >= 0.6 is 0 Å². The summed E-state index contributed by atoms with van der Waals surface area (Å²) in [5.74, 6) is 0.405. The summed E-state index contributed by atoms with van der Waals surface area (Å²) < 4.78 is 7.14. The number of amides is 1. The molecule has 6 nitrogen and oxygen atoms in total. The third-order valence-corrected chi connectivity index (χ3v) is 5.14. The molecular formula is C18H26N4O2. The highest BCUT2D eigenvalue weighted by molar-refractivity contribution is 5.99. The number of aryl methyl sites for hydroxylation is 2. The lowest BCUT2D eigenvalue weighted by atomic mass is 9.83. The monoisotopic (exact) mass is 330 g/mol. The van der Waals surface area contributed by atoms with Gasteiger partial charge in [0.1, 0.15) is 5.56 Å². The first-order valence-corrected chi connectivity index (χ1v) is 8.65. The molecule has 1 unspecified atom stereocenters. The van der Waals surface area contributed by atoms with Gasteiger partial charge in [0.05, 0.1) is 12.3 Å². The molecule has 0 spiro atoms. The Kier molecular flexibility index (Phi) is 4.85. The Hall–Kier alpha value is -1.95. The van der Waals surface area contributed by atoms with Crippen LogP contribution in [-0.4, -0.2) is 39.8 Å². The van der Waals surface area contributed by atoms with E-state index in [2.05, 4.69) is 22.3 Å². The van der Waals surface area contributed by atoms with Gasteiger partial charge in [0.2, 0.25) is 0 Å². The molecule has 6 heteroatoms. The lowest BCUT2D eigenvalue weighted by Gasteiger charge is -2.31. The SMILES string of the molecule is CO[C@H]1CC[C@H](C(C)NC(=O)c2cnn3c(C)cc(C)nc23)CC1. The number of methoxy groups -OCH3 is 1. The number of hydrogen-bond acceptors (Lipinski definition) is 4. The van der Waals surface area contributed by atoms with Crippen molar-refractivity contribution in [2.45, 2.75) is 58.6 Å². The third-order valence-electron chi connectivity index (χ3n) is 5.14. The summed E-state index contributed by atoms with van der Waals surface area (Å²) >= 11 is 0. The van der Waals surface area contributed by atoms with Crippen molar-refractivity contribution in [2.24, 2.45) is 5.92 Å². The number of carbonyl (C=O) groups excluding carboxylic acids is 1. The second-order valence-electron chi connectivity index (χ2n) is 6.87. The average Bonchev–Trinajstić information content (AvgIpc) is 2.99. The van der Waals surface area contributed by atoms with E-state index in [0.29, 0.717) is 23.2 Å². The number of nitrogens with zero attached hydrogens (tertiary/aromatic N) is 3. The fraction of sp³-hybridized carbons (Fsp3) is 0.611. The van der Waals surface area contributed by atoms with Crippen molar-refractivity contribution < 1.29 is 9.53 Å². The normalized spacial score (nSPS) is 22.5. The first-order valence-electron chi connectivity index (χ1n) is 8.65. The lowest BCUT2D eigenvalue weighted by molar-refractivity contribution is 0.0507. The van der Waals surface area contributed by atoms with Crippen LogP contribution in [0.1, 0.15) is 54.4 Å². The van der Waals surface area contributed by atoms with Crippen LogP contribution in [0.5, 0.6) is 0 Å². The standard InChI is InChI=1S/C18H26N4O2/c1-11-9-12(2)22-17(20-11)16(10-19-22)18(23)21-13(3)14-5-7-15(24-4)8-6-14/h9-10,13-15H,5-8H2,1-4H3,(H,21,23)/t13?,14-,15-. The van der Waals surface area contributed by atoms with E-state index in [1.807, 2.05) is 19.9 Å². The largest absolute Gasteiger partial charge is 0.381 e. The summed E-state index contributed by atoms with van der Waals surface area (Å²) in [6, 6.07) is 2.09. The molecule has 0 saturated heterocycles. The molecule has 2 aromatic heterocycles. The second kappa shape index (κ2) is 6.89. The first kappa shape index (κ1) is 16.9. The van der Waals surface area contributed by atoms with Crippen molar-refractivity contribution in [2.75, 3.05) is 7.11 Å². The van der Waals surface area contributed by atoms with E-state index >= 15 is 0 Å². The summed E-state index contributed by atoms with van der Waals surface area (Å²) in [5, 5.41) is 7.44. The fourth-order valence-electron chi connectivity index (χ4n) is 3.66. The predicted octanol–water partition coefficient (Wildman–Crippen LogP) is 2.67. The van der Waals surface area contributed by atoms with Crippen molar-refractivity contribution in [3.05, 3.63) is 29.2 Å². The molecule has 1 N–H and O–H groups in total. The minimum absolute atomic E-state index is 0.0936. The van der Waals surface area contributed by atoms with E-state index in [1.54, 1.807) is 17.8 Å². The highest BCUT2D eigenvalue weighted by atomic mass is 16.5. The number of nitrogens with one attached hydrogen (secondary N) is 1. The molecule has 0 aromatic carbocycles. The van der Waals surface area contributed by atoms with Gasteiger partial charge in [-0.2, -0.15) is 5.10 Å². The topological polar surface area (TPSA) is 68.5 Å². The number of hydrogen-bond donors (Lipinski definition) is 1. The molecule has 3 rings (SSSR count). The Bertz CT molecular complexity index is 732. The molecule has 24 heavy (non-hydrogen) atoms. The van der Waals surface area contributed by atoms with Crippen molar-refractivity contribution >= 4 is 11.6 Å². The average molecular weight is 330 g/mol. The zero-order valence-corrected chi connectivity index (χ0v) is 14.9. The van der Waals surface area contributed by atoms with Crippen LogP contribution in [-0.2, 0) is 4.74 Å². The van der Waals surface area contributed by atoms with Crippen LogP contribution in [0.2, 0.25) is 0 Å². The van der Waals surface area contributed by atoms with E-state index in [4.69, 9.17) is 4.74 Å². The highest BCUT2D eigenvalue weighted by Gasteiger charge is 2.27. The molecule has 1 atom stereocenters.